The van der Waals surface area contributed by atoms with Crippen molar-refractivity contribution in [3.05, 3.63) is 24.3 Å². The van der Waals surface area contributed by atoms with Crippen molar-refractivity contribution in [3.8, 4) is 0 Å². The second kappa shape index (κ2) is 1.71. The fourth-order valence-electron chi connectivity index (χ4n) is 4.41. The van der Waals surface area contributed by atoms with Crippen molar-refractivity contribution < 1.29 is 0 Å². The number of hydrogen-bond acceptors (Lipinski definition) is 0. The minimum atomic E-state index is 0.948. The molecule has 0 heteroatoms. The van der Waals surface area contributed by atoms with Gasteiger partial charge in [-0.05, 0) is 48.3 Å². The summed E-state index contributed by atoms with van der Waals surface area (Å²) in [6, 6.07) is 0. The van der Waals surface area contributed by atoms with Crippen LogP contribution in [0.2, 0.25) is 0 Å². The molecule has 4 atom stereocenters. The SMILES string of the molecule is C1=CC2C3C=CC4C1C2CCC43. The van der Waals surface area contributed by atoms with Gasteiger partial charge in [-0.25, -0.2) is 0 Å². The highest BCUT2D eigenvalue weighted by molar-refractivity contribution is 5.28. The predicted octanol–water partition coefficient (Wildman–Crippen LogP) is 2.63. The molecule has 5 aliphatic rings. The van der Waals surface area contributed by atoms with Crippen molar-refractivity contribution in [2.45, 2.75) is 12.8 Å². The first-order valence-corrected chi connectivity index (χ1v) is 5.32. The standard InChI is InChI=1S/C12H14/c1-2-8-10-4-3-9-7(1)11(8)5-6-12(9)10/h1-4,7-12H,5-6H2. The maximum Gasteiger partial charge on any atom is -0.0133 e. The van der Waals surface area contributed by atoms with Crippen LogP contribution in [-0.2, 0) is 0 Å². The molecule has 0 aromatic heterocycles. The van der Waals surface area contributed by atoms with Crippen molar-refractivity contribution in [2.75, 3.05) is 0 Å². The molecule has 0 N–H and O–H groups in total. The van der Waals surface area contributed by atoms with E-state index >= 15 is 0 Å². The largest absolute Gasteiger partial charge is 0.0842 e. The molecular weight excluding hydrogens is 144 g/mol. The Labute approximate surface area is 73.4 Å². The Morgan fingerprint density at radius 2 is 0.917 bits per heavy atom. The van der Waals surface area contributed by atoms with E-state index in [0.29, 0.717) is 0 Å². The van der Waals surface area contributed by atoms with Gasteiger partial charge in [0, 0.05) is 0 Å². The Morgan fingerprint density at radius 3 is 1.25 bits per heavy atom. The summed E-state index contributed by atoms with van der Waals surface area (Å²) in [5, 5.41) is 0. The number of fused-ring (bicyclic) bond motifs is 1. The van der Waals surface area contributed by atoms with Crippen molar-refractivity contribution in [1.82, 2.24) is 0 Å². The van der Waals surface area contributed by atoms with Crippen LogP contribution in [0.1, 0.15) is 12.8 Å². The minimum Gasteiger partial charge on any atom is -0.0842 e. The summed E-state index contributed by atoms with van der Waals surface area (Å²) in [4.78, 5) is 0. The van der Waals surface area contributed by atoms with Gasteiger partial charge < -0.3 is 0 Å². The van der Waals surface area contributed by atoms with Crippen LogP contribution >= 0.6 is 0 Å². The fourth-order valence-corrected chi connectivity index (χ4v) is 4.41. The van der Waals surface area contributed by atoms with E-state index in [-0.39, 0.29) is 0 Å². The van der Waals surface area contributed by atoms with Crippen LogP contribution in [0.25, 0.3) is 0 Å². The van der Waals surface area contributed by atoms with Gasteiger partial charge in [-0.2, -0.15) is 0 Å². The molecule has 0 amide bonds. The highest BCUT2D eigenvalue weighted by Gasteiger charge is 2.55. The second-order valence-corrected chi connectivity index (χ2v) is 4.98. The molecule has 3 fully saturated rings. The Balaban J connectivity index is 1.94. The summed E-state index contributed by atoms with van der Waals surface area (Å²) in [5.74, 6) is 5.87. The van der Waals surface area contributed by atoms with Crippen LogP contribution in [0.3, 0.4) is 0 Å². The topological polar surface area (TPSA) is 0 Å². The highest BCUT2D eigenvalue weighted by atomic mass is 14.6. The lowest BCUT2D eigenvalue weighted by molar-refractivity contribution is 0.0336. The van der Waals surface area contributed by atoms with Crippen LogP contribution in [0.5, 0.6) is 0 Å². The first-order valence-electron chi connectivity index (χ1n) is 5.32. The average molecular weight is 158 g/mol. The van der Waals surface area contributed by atoms with Crippen molar-refractivity contribution in [2.24, 2.45) is 35.5 Å². The van der Waals surface area contributed by atoms with E-state index in [1.54, 1.807) is 0 Å². The van der Waals surface area contributed by atoms with Crippen molar-refractivity contribution >= 4 is 0 Å². The van der Waals surface area contributed by atoms with Crippen molar-refractivity contribution in [3.63, 3.8) is 0 Å². The average Bonchev–Trinajstić information content (AvgIpc) is 2.56. The quantitative estimate of drug-likeness (QED) is 0.475. The molecule has 5 rings (SSSR count). The van der Waals surface area contributed by atoms with Crippen molar-refractivity contribution in [1.29, 1.82) is 0 Å². The van der Waals surface area contributed by atoms with Gasteiger partial charge >= 0.3 is 0 Å². The first-order chi connectivity index (χ1) is 5.95. The number of hydrogen-bond donors (Lipinski definition) is 0. The van der Waals surface area contributed by atoms with E-state index in [1.807, 2.05) is 0 Å². The maximum absolute atomic E-state index is 2.52. The summed E-state index contributed by atoms with van der Waals surface area (Å²) in [6.07, 6.45) is 13.1. The van der Waals surface area contributed by atoms with E-state index in [9.17, 15) is 0 Å². The molecule has 4 unspecified atom stereocenters. The molecule has 0 aromatic carbocycles. The van der Waals surface area contributed by atoms with Gasteiger partial charge in [-0.1, -0.05) is 24.3 Å². The summed E-state index contributed by atoms with van der Waals surface area (Å²) in [7, 11) is 0. The Kier molecular flexibility index (Phi) is 0.856. The monoisotopic (exact) mass is 158 g/mol. The first kappa shape index (κ1) is 6.01. The fraction of sp³-hybridized carbons (Fsp3) is 0.667. The smallest absolute Gasteiger partial charge is 0.0133 e. The zero-order valence-corrected chi connectivity index (χ0v) is 7.19. The van der Waals surface area contributed by atoms with Gasteiger partial charge in [-0.15, -0.1) is 0 Å². The molecule has 0 aliphatic heterocycles. The summed E-state index contributed by atoms with van der Waals surface area (Å²) < 4.78 is 0. The van der Waals surface area contributed by atoms with Crippen LogP contribution in [0.4, 0.5) is 0 Å². The van der Waals surface area contributed by atoms with Gasteiger partial charge in [-0.3, -0.25) is 0 Å². The zero-order chi connectivity index (χ0) is 7.71. The summed E-state index contributed by atoms with van der Waals surface area (Å²) >= 11 is 0. The molecule has 12 heavy (non-hydrogen) atoms. The maximum atomic E-state index is 2.52. The molecule has 0 nitrogen and oxygen atoms in total. The molecule has 0 heterocycles. The molecule has 62 valence electrons. The lowest BCUT2D eigenvalue weighted by Crippen LogP contribution is -2.42. The Hall–Kier alpha value is -0.520. The third kappa shape index (κ3) is 0.460. The molecule has 0 spiro atoms. The molecule has 5 aliphatic carbocycles. The van der Waals surface area contributed by atoms with Crippen LogP contribution in [-0.4, -0.2) is 0 Å². The van der Waals surface area contributed by atoms with E-state index in [2.05, 4.69) is 24.3 Å². The highest BCUT2D eigenvalue weighted by Crippen LogP contribution is 2.62. The van der Waals surface area contributed by atoms with Gasteiger partial charge in [0.1, 0.15) is 0 Å². The lowest BCUT2D eigenvalue weighted by Gasteiger charge is -2.48. The van der Waals surface area contributed by atoms with Crippen LogP contribution < -0.4 is 0 Å². The molecule has 0 radical (unpaired) electrons. The van der Waals surface area contributed by atoms with Gasteiger partial charge in [0.15, 0.2) is 0 Å². The molecule has 0 aromatic rings. The molecule has 6 bridgehead atoms. The summed E-state index contributed by atoms with van der Waals surface area (Å²) in [5.41, 5.74) is 0. The van der Waals surface area contributed by atoms with E-state index in [4.69, 9.17) is 0 Å². The lowest BCUT2D eigenvalue weighted by atomic mass is 9.56. The number of rotatable bonds is 0. The van der Waals surface area contributed by atoms with E-state index in [1.165, 1.54) is 12.8 Å². The molecule has 0 saturated heterocycles. The van der Waals surface area contributed by atoms with Crippen LogP contribution in [0, 0.1) is 35.5 Å². The minimum absolute atomic E-state index is 0.948. The normalized spacial score (nSPS) is 63.3. The summed E-state index contributed by atoms with van der Waals surface area (Å²) in [6.45, 7) is 0. The van der Waals surface area contributed by atoms with E-state index in [0.717, 1.165) is 35.5 Å². The predicted molar refractivity (Wildman–Crippen MR) is 48.5 cm³/mol. The van der Waals surface area contributed by atoms with Gasteiger partial charge in [0.05, 0.1) is 0 Å². The zero-order valence-electron chi connectivity index (χ0n) is 7.19. The second-order valence-electron chi connectivity index (χ2n) is 4.98. The van der Waals surface area contributed by atoms with Crippen LogP contribution in [0.15, 0.2) is 24.3 Å². The third-order valence-corrected chi connectivity index (χ3v) is 4.81. The number of allylic oxidation sites excluding steroid dienone is 4. The van der Waals surface area contributed by atoms with Gasteiger partial charge in [0.2, 0.25) is 0 Å². The third-order valence-electron chi connectivity index (χ3n) is 4.81. The molecular formula is C12H14. The van der Waals surface area contributed by atoms with Gasteiger partial charge in [0.25, 0.3) is 0 Å². The Morgan fingerprint density at radius 1 is 0.583 bits per heavy atom. The van der Waals surface area contributed by atoms with E-state index < -0.39 is 0 Å². The Bertz CT molecular complexity index is 232. The molecule has 3 saturated carbocycles.